The van der Waals surface area contributed by atoms with Crippen molar-refractivity contribution in [3.8, 4) is 16.3 Å². The third-order valence-electron chi connectivity index (χ3n) is 3.43. The maximum absolute atomic E-state index is 12.1. The number of benzene rings is 2. The second kappa shape index (κ2) is 9.35. The van der Waals surface area contributed by atoms with Crippen LogP contribution in [0.1, 0.15) is 12.5 Å². The molecule has 134 valence electrons. The first-order chi connectivity index (χ1) is 12.7. The maximum Gasteiger partial charge on any atom is 0.236 e. The van der Waals surface area contributed by atoms with Crippen LogP contribution in [0.15, 0.2) is 54.6 Å². The number of aromatic nitrogens is 2. The fraction of sp³-hybridized carbons (Fsp3) is 0.211. The number of anilines is 1. The number of thioether (sulfide) groups is 1. The Bertz CT molecular complexity index is 836. The minimum atomic E-state index is -0.0691. The van der Waals surface area contributed by atoms with E-state index < -0.39 is 0 Å². The molecule has 3 aromatic rings. The van der Waals surface area contributed by atoms with Gasteiger partial charge < -0.3 is 4.74 Å². The Hall–Kier alpha value is -2.38. The number of nitrogens with zero attached hydrogens (tertiary/aromatic N) is 2. The van der Waals surface area contributed by atoms with Crippen molar-refractivity contribution in [3.05, 3.63) is 60.2 Å². The smallest absolute Gasteiger partial charge is 0.236 e. The summed E-state index contributed by atoms with van der Waals surface area (Å²) in [5.41, 5.74) is 2.16. The van der Waals surface area contributed by atoms with Gasteiger partial charge in [-0.25, -0.2) is 0 Å². The van der Waals surface area contributed by atoms with Crippen molar-refractivity contribution in [1.82, 2.24) is 10.2 Å². The van der Waals surface area contributed by atoms with Gasteiger partial charge in [-0.3, -0.25) is 10.1 Å². The number of carbonyl (C=O) groups excluding carboxylic acids is 1. The SMILES string of the molecule is CCOc1ccc(-c2nnc(NC(=O)CSCc3ccccc3)s2)cc1. The zero-order valence-electron chi connectivity index (χ0n) is 14.3. The molecule has 0 saturated carbocycles. The highest BCUT2D eigenvalue weighted by Crippen LogP contribution is 2.28. The van der Waals surface area contributed by atoms with Gasteiger partial charge in [0.05, 0.1) is 12.4 Å². The molecule has 3 rings (SSSR count). The number of hydrogen-bond acceptors (Lipinski definition) is 6. The molecule has 0 aliphatic carbocycles. The zero-order chi connectivity index (χ0) is 18.2. The molecule has 1 amide bonds. The number of ether oxygens (including phenoxy) is 1. The van der Waals surface area contributed by atoms with Gasteiger partial charge in [-0.15, -0.1) is 22.0 Å². The number of nitrogens with one attached hydrogen (secondary N) is 1. The van der Waals surface area contributed by atoms with Gasteiger partial charge in [0.1, 0.15) is 10.8 Å². The molecular formula is C19H19N3O2S2. The van der Waals surface area contributed by atoms with Gasteiger partial charge in [-0.2, -0.15) is 0 Å². The van der Waals surface area contributed by atoms with E-state index >= 15 is 0 Å². The summed E-state index contributed by atoms with van der Waals surface area (Å²) in [4.78, 5) is 12.1. The molecule has 0 aliphatic heterocycles. The normalized spacial score (nSPS) is 10.5. The molecule has 0 aliphatic rings. The zero-order valence-corrected chi connectivity index (χ0v) is 16.0. The Kier molecular flexibility index (Phi) is 6.62. The van der Waals surface area contributed by atoms with Gasteiger partial charge in [0, 0.05) is 11.3 Å². The minimum Gasteiger partial charge on any atom is -0.494 e. The summed E-state index contributed by atoms with van der Waals surface area (Å²) in [6.07, 6.45) is 0. The maximum atomic E-state index is 12.1. The van der Waals surface area contributed by atoms with Crippen molar-refractivity contribution in [1.29, 1.82) is 0 Å². The molecule has 5 nitrogen and oxygen atoms in total. The summed E-state index contributed by atoms with van der Waals surface area (Å²) in [5, 5.41) is 12.3. The van der Waals surface area contributed by atoms with Crippen LogP contribution in [-0.2, 0) is 10.5 Å². The summed E-state index contributed by atoms with van der Waals surface area (Å²) in [6.45, 7) is 2.59. The summed E-state index contributed by atoms with van der Waals surface area (Å²) >= 11 is 2.93. The van der Waals surface area contributed by atoms with Crippen molar-refractivity contribution in [2.45, 2.75) is 12.7 Å². The number of amides is 1. The van der Waals surface area contributed by atoms with Gasteiger partial charge >= 0.3 is 0 Å². The van der Waals surface area contributed by atoms with E-state index in [1.54, 1.807) is 11.8 Å². The van der Waals surface area contributed by atoms with Crippen LogP contribution < -0.4 is 10.1 Å². The third kappa shape index (κ3) is 5.31. The highest BCUT2D eigenvalue weighted by atomic mass is 32.2. The molecule has 0 fully saturated rings. The van der Waals surface area contributed by atoms with Crippen LogP contribution in [0.5, 0.6) is 5.75 Å². The van der Waals surface area contributed by atoms with Crippen molar-refractivity contribution < 1.29 is 9.53 Å². The first-order valence-electron chi connectivity index (χ1n) is 8.23. The van der Waals surface area contributed by atoms with Crippen molar-refractivity contribution >= 4 is 34.1 Å². The Morgan fingerprint density at radius 3 is 2.62 bits per heavy atom. The van der Waals surface area contributed by atoms with Crippen LogP contribution in [0, 0.1) is 0 Å². The van der Waals surface area contributed by atoms with Crippen molar-refractivity contribution in [2.75, 3.05) is 17.7 Å². The Balaban J connectivity index is 1.50. The van der Waals surface area contributed by atoms with Crippen molar-refractivity contribution in [2.24, 2.45) is 0 Å². The third-order valence-corrected chi connectivity index (χ3v) is 5.32. The average Bonchev–Trinajstić information content (AvgIpc) is 3.12. The van der Waals surface area contributed by atoms with Crippen LogP contribution in [-0.4, -0.2) is 28.5 Å². The van der Waals surface area contributed by atoms with Crippen LogP contribution in [0.2, 0.25) is 0 Å². The van der Waals surface area contributed by atoms with Gasteiger partial charge in [0.15, 0.2) is 0 Å². The number of hydrogen-bond donors (Lipinski definition) is 1. The van der Waals surface area contributed by atoms with Gasteiger partial charge in [0.2, 0.25) is 11.0 Å². The van der Waals surface area contributed by atoms with Gasteiger partial charge in [-0.1, -0.05) is 41.7 Å². The van der Waals surface area contributed by atoms with E-state index in [1.165, 1.54) is 16.9 Å². The van der Waals surface area contributed by atoms with E-state index in [2.05, 4.69) is 27.6 Å². The standard InChI is InChI=1S/C19H19N3O2S2/c1-2-24-16-10-8-15(9-11-16)18-21-22-19(26-18)20-17(23)13-25-12-14-6-4-3-5-7-14/h3-11H,2,12-13H2,1H3,(H,20,22,23). The molecule has 0 atom stereocenters. The molecular weight excluding hydrogens is 366 g/mol. The highest BCUT2D eigenvalue weighted by Gasteiger charge is 2.10. The molecule has 0 saturated heterocycles. The van der Waals surface area contributed by atoms with Crippen LogP contribution in [0.3, 0.4) is 0 Å². The lowest BCUT2D eigenvalue weighted by molar-refractivity contribution is -0.113. The average molecular weight is 386 g/mol. The lowest BCUT2D eigenvalue weighted by atomic mass is 10.2. The molecule has 2 aromatic carbocycles. The molecule has 0 unspecified atom stereocenters. The molecule has 7 heteroatoms. The lowest BCUT2D eigenvalue weighted by Gasteiger charge is -2.03. The predicted molar refractivity (Wildman–Crippen MR) is 108 cm³/mol. The van der Waals surface area contributed by atoms with E-state index in [4.69, 9.17) is 4.74 Å². The second-order valence-corrected chi connectivity index (χ2v) is 7.36. The van der Waals surface area contributed by atoms with E-state index in [-0.39, 0.29) is 5.91 Å². The van der Waals surface area contributed by atoms with Crippen LogP contribution in [0.25, 0.3) is 10.6 Å². The van der Waals surface area contributed by atoms with E-state index in [9.17, 15) is 4.79 Å². The molecule has 0 bridgehead atoms. The quantitative estimate of drug-likeness (QED) is 0.619. The number of rotatable bonds is 8. The highest BCUT2D eigenvalue weighted by molar-refractivity contribution is 7.99. The topological polar surface area (TPSA) is 64.1 Å². The van der Waals surface area contributed by atoms with Crippen LogP contribution in [0.4, 0.5) is 5.13 Å². The lowest BCUT2D eigenvalue weighted by Crippen LogP contribution is -2.13. The monoisotopic (exact) mass is 385 g/mol. The molecule has 1 aromatic heterocycles. The molecule has 0 radical (unpaired) electrons. The van der Waals surface area contributed by atoms with Gasteiger partial charge in [0.25, 0.3) is 0 Å². The Morgan fingerprint density at radius 1 is 1.12 bits per heavy atom. The van der Waals surface area contributed by atoms with Gasteiger partial charge in [-0.05, 0) is 36.8 Å². The summed E-state index contributed by atoms with van der Waals surface area (Å²) in [6, 6.07) is 17.8. The summed E-state index contributed by atoms with van der Waals surface area (Å²) in [7, 11) is 0. The summed E-state index contributed by atoms with van der Waals surface area (Å²) in [5.74, 6) is 1.94. The molecule has 1 N–H and O–H groups in total. The number of carbonyl (C=O) groups is 1. The van der Waals surface area contributed by atoms with E-state index in [0.29, 0.717) is 17.5 Å². The van der Waals surface area contributed by atoms with Crippen LogP contribution >= 0.6 is 23.1 Å². The largest absolute Gasteiger partial charge is 0.494 e. The second-order valence-electron chi connectivity index (χ2n) is 5.40. The summed E-state index contributed by atoms with van der Waals surface area (Å²) < 4.78 is 5.43. The first-order valence-corrected chi connectivity index (χ1v) is 10.2. The molecule has 26 heavy (non-hydrogen) atoms. The predicted octanol–water partition coefficient (Wildman–Crippen LogP) is 4.48. The fourth-order valence-corrected chi connectivity index (χ4v) is 3.79. The molecule has 0 spiro atoms. The molecule has 1 heterocycles. The Labute approximate surface area is 160 Å². The van der Waals surface area contributed by atoms with E-state index in [1.807, 2.05) is 49.4 Å². The minimum absolute atomic E-state index is 0.0691. The van der Waals surface area contributed by atoms with E-state index in [0.717, 1.165) is 22.1 Å². The fourth-order valence-electron chi connectivity index (χ4n) is 2.24. The van der Waals surface area contributed by atoms with Crippen molar-refractivity contribution in [3.63, 3.8) is 0 Å². The first kappa shape index (κ1) is 18.4. The Morgan fingerprint density at radius 2 is 1.88 bits per heavy atom.